The molecule has 26 radical (unpaired) electrons. The Morgan fingerprint density at radius 1 is 0.371 bits per heavy atom. The van der Waals surface area contributed by atoms with Crippen molar-refractivity contribution in [2.75, 3.05) is 0 Å². The van der Waals surface area contributed by atoms with Crippen LogP contribution in [0.3, 0.4) is 0 Å². The van der Waals surface area contributed by atoms with E-state index in [1.807, 2.05) is 66.7 Å². The smallest absolute Gasteiger partial charge is 0.114 e. The number of fused-ring (bicyclic) bond motifs is 3. The van der Waals surface area contributed by atoms with Crippen molar-refractivity contribution in [2.45, 2.75) is 13.3 Å². The number of para-hydroxylation sites is 2. The topological polar surface area (TPSA) is 17.8 Å². The summed E-state index contributed by atoms with van der Waals surface area (Å²) in [5, 5.41) is 1.88. The lowest BCUT2D eigenvalue weighted by Crippen LogP contribution is -2.55. The molecule has 258 valence electrons. The molecule has 1 aromatic heterocycles. The second-order valence-corrected chi connectivity index (χ2v) is 15.4. The summed E-state index contributed by atoms with van der Waals surface area (Å²) in [6.45, 7) is 2.10. The SMILES string of the molecule is [B]c1c([B])c([B])c(-c2cccc(-c3c4c([B])c([B])c([B])c([B])c4c(-c4ccc(-c5ccc(-n6c(CC)nc7ccccc76)cc5)cc4)c4c([B])c([B])c([B])c([B])c34)c2)c([B])c1[B]. The van der Waals surface area contributed by atoms with Crippen LogP contribution >= 0.6 is 0 Å². The summed E-state index contributed by atoms with van der Waals surface area (Å²) in [5.41, 5.74) is 10.1. The molecule has 0 atom stereocenters. The molecule has 0 saturated heterocycles. The van der Waals surface area contributed by atoms with Crippen LogP contribution in [0.1, 0.15) is 12.7 Å². The quantitative estimate of drug-likeness (QED) is 0.130. The molecular weight excluding hydrogens is 733 g/mol. The van der Waals surface area contributed by atoms with E-state index in [1.165, 1.54) is 0 Å². The van der Waals surface area contributed by atoms with Gasteiger partial charge in [-0.15, -0.1) is 38.2 Å². The predicted octanol–water partition coefficient (Wildman–Crippen LogP) is -3.12. The van der Waals surface area contributed by atoms with Crippen molar-refractivity contribution in [3.05, 3.63) is 103 Å². The van der Waals surface area contributed by atoms with E-state index in [1.54, 1.807) is 0 Å². The first kappa shape index (κ1) is 41.9. The molecule has 0 spiro atoms. The summed E-state index contributed by atoms with van der Waals surface area (Å²) in [6, 6.07) is 31.8. The third kappa shape index (κ3) is 6.31. The molecule has 0 fully saturated rings. The van der Waals surface area contributed by atoms with Gasteiger partial charge in [0.2, 0.25) is 0 Å². The first-order valence-corrected chi connectivity index (χ1v) is 19.7. The Labute approximate surface area is 379 Å². The second-order valence-electron chi connectivity index (χ2n) is 15.4. The lowest BCUT2D eigenvalue weighted by atomic mass is 9.59. The number of rotatable bonds is 6. The van der Waals surface area contributed by atoms with Gasteiger partial charge in [-0.2, -0.15) is 0 Å². The van der Waals surface area contributed by atoms with E-state index >= 15 is 0 Å². The number of hydrogen-bond donors (Lipinski definition) is 0. The largest absolute Gasteiger partial charge is 0.296 e. The fourth-order valence-corrected chi connectivity index (χ4v) is 8.75. The number of imidazole rings is 1. The van der Waals surface area contributed by atoms with Crippen LogP contribution in [0.25, 0.3) is 82.8 Å². The van der Waals surface area contributed by atoms with Crippen LogP contribution in [0.4, 0.5) is 0 Å². The molecule has 0 aliphatic carbocycles. The van der Waals surface area contributed by atoms with Crippen molar-refractivity contribution in [1.29, 1.82) is 0 Å². The Morgan fingerprint density at radius 2 is 0.758 bits per heavy atom. The maximum Gasteiger partial charge on any atom is 0.114 e. The first-order valence-electron chi connectivity index (χ1n) is 19.7. The highest BCUT2D eigenvalue weighted by molar-refractivity contribution is 6.72. The summed E-state index contributed by atoms with van der Waals surface area (Å²) in [5.74, 6) is 0.984. The Kier molecular flexibility index (Phi) is 10.6. The molecule has 15 heteroatoms. The van der Waals surface area contributed by atoms with Crippen molar-refractivity contribution in [3.63, 3.8) is 0 Å². The zero-order valence-electron chi connectivity index (χ0n) is 33.8. The molecule has 62 heavy (non-hydrogen) atoms. The third-order valence-electron chi connectivity index (χ3n) is 12.0. The van der Waals surface area contributed by atoms with E-state index in [-0.39, 0.29) is 71.0 Å². The average molecular weight is 754 g/mol. The van der Waals surface area contributed by atoms with Crippen LogP contribution in [-0.4, -0.2) is 112 Å². The molecule has 9 aromatic rings. The number of benzene rings is 8. The van der Waals surface area contributed by atoms with Crippen LogP contribution in [-0.2, 0) is 6.42 Å². The molecule has 0 aliphatic rings. The van der Waals surface area contributed by atoms with Crippen molar-refractivity contribution in [3.8, 4) is 50.2 Å². The summed E-state index contributed by atoms with van der Waals surface area (Å²) in [6.07, 6.45) is 0.788. The lowest BCUT2D eigenvalue weighted by Gasteiger charge is -2.29. The van der Waals surface area contributed by atoms with Gasteiger partial charge >= 0.3 is 0 Å². The number of aryl methyl sites for hydroxylation is 1. The lowest BCUT2D eigenvalue weighted by molar-refractivity contribution is 0.908. The van der Waals surface area contributed by atoms with Gasteiger partial charge in [-0.25, -0.2) is 4.98 Å². The summed E-state index contributed by atoms with van der Waals surface area (Å²) in [7, 11) is 86.2. The fraction of sp³-hybridized carbons (Fsp3) is 0.0426. The molecule has 0 bridgehead atoms. The zero-order chi connectivity index (χ0) is 44.0. The van der Waals surface area contributed by atoms with Crippen LogP contribution in [0.5, 0.6) is 0 Å². The maximum absolute atomic E-state index is 6.99. The summed E-state index contributed by atoms with van der Waals surface area (Å²) >= 11 is 0. The third-order valence-corrected chi connectivity index (χ3v) is 12.0. The van der Waals surface area contributed by atoms with Crippen LogP contribution in [0.2, 0.25) is 0 Å². The normalized spacial score (nSPS) is 11.6. The van der Waals surface area contributed by atoms with Crippen molar-refractivity contribution >= 4 is 206 Å². The standard InChI is InChI=1S/C47H21B13N2/c1-2-27-61-25-8-3-4-9-26(25)62(27)24-16-14-20(15-17-24)19-10-12-21(13-11-19)28-31-33(39(52)45(58)43(56)37(31)50)29(34-32(28)38(51)44(57)46(59)40(34)53)22-6-5-7-23(18-22)30-35(48)41(54)47(60)42(55)36(30)49/h3-18H,2H2,1H3. The first-order chi connectivity index (χ1) is 29.7. The van der Waals surface area contributed by atoms with Gasteiger partial charge in [0.25, 0.3) is 0 Å². The predicted molar refractivity (Wildman–Crippen MR) is 277 cm³/mol. The van der Waals surface area contributed by atoms with Gasteiger partial charge in [-0.3, -0.25) is 4.57 Å². The highest BCUT2D eigenvalue weighted by atomic mass is 15.1. The molecule has 8 aromatic carbocycles. The summed E-state index contributed by atoms with van der Waals surface area (Å²) < 4.78 is 2.19. The number of hydrogen-bond acceptors (Lipinski definition) is 1. The summed E-state index contributed by atoms with van der Waals surface area (Å²) in [4.78, 5) is 4.85. The van der Waals surface area contributed by atoms with E-state index in [0.29, 0.717) is 49.4 Å². The average Bonchev–Trinajstić information content (AvgIpc) is 3.68. The van der Waals surface area contributed by atoms with Gasteiger partial charge in [0.05, 0.1) is 11.0 Å². The van der Waals surface area contributed by atoms with E-state index in [9.17, 15) is 0 Å². The minimum Gasteiger partial charge on any atom is -0.296 e. The van der Waals surface area contributed by atoms with Gasteiger partial charge in [0.15, 0.2) is 0 Å². The molecular formula is C47H21B13N2. The van der Waals surface area contributed by atoms with E-state index < -0.39 is 0 Å². The second kappa shape index (κ2) is 15.7. The van der Waals surface area contributed by atoms with Crippen LogP contribution in [0, 0.1) is 0 Å². The van der Waals surface area contributed by atoms with Gasteiger partial charge < -0.3 is 0 Å². The highest BCUT2D eigenvalue weighted by Crippen LogP contribution is 2.41. The van der Waals surface area contributed by atoms with Crippen molar-refractivity contribution < 1.29 is 0 Å². The Morgan fingerprint density at radius 3 is 1.24 bits per heavy atom. The monoisotopic (exact) mass is 756 g/mol. The van der Waals surface area contributed by atoms with E-state index in [0.717, 1.165) is 45.7 Å². The number of aromatic nitrogens is 2. The molecule has 0 saturated carbocycles. The Bertz CT molecular complexity index is 3250. The zero-order valence-corrected chi connectivity index (χ0v) is 33.8. The highest BCUT2D eigenvalue weighted by Gasteiger charge is 2.25. The molecule has 2 nitrogen and oxygen atoms in total. The molecule has 0 N–H and O–H groups in total. The molecule has 0 aliphatic heterocycles. The minimum absolute atomic E-state index is 0.0915. The maximum atomic E-state index is 6.99. The van der Waals surface area contributed by atoms with Gasteiger partial charge in [-0.1, -0.05) is 106 Å². The van der Waals surface area contributed by atoms with Crippen molar-refractivity contribution in [2.24, 2.45) is 0 Å². The van der Waals surface area contributed by atoms with Gasteiger partial charge in [-0.05, 0) is 96.4 Å². The molecule has 0 amide bonds. The Balaban J connectivity index is 1.29. The van der Waals surface area contributed by atoms with Crippen LogP contribution < -0.4 is 71.0 Å². The Hall–Kier alpha value is -5.41. The number of nitrogens with zero attached hydrogens (tertiary/aromatic N) is 2. The van der Waals surface area contributed by atoms with Gasteiger partial charge in [0.1, 0.15) is 108 Å². The van der Waals surface area contributed by atoms with E-state index in [4.69, 9.17) is 107 Å². The van der Waals surface area contributed by atoms with E-state index in [2.05, 4.69) is 41.8 Å². The molecule has 1 heterocycles. The van der Waals surface area contributed by atoms with Crippen molar-refractivity contribution in [1.82, 2.24) is 9.55 Å². The minimum atomic E-state index is 0.0915. The van der Waals surface area contributed by atoms with Crippen LogP contribution in [0.15, 0.2) is 97.1 Å². The molecule has 0 unspecified atom stereocenters. The fourth-order valence-electron chi connectivity index (χ4n) is 8.75. The van der Waals surface area contributed by atoms with Gasteiger partial charge in [0, 0.05) is 12.1 Å². The molecule has 9 rings (SSSR count).